The van der Waals surface area contributed by atoms with Gasteiger partial charge in [0.15, 0.2) is 0 Å². The highest BCUT2D eigenvalue weighted by Crippen LogP contribution is 2.16. The minimum absolute atomic E-state index is 0.00153. The van der Waals surface area contributed by atoms with Crippen LogP contribution in [0.4, 0.5) is 0 Å². The first kappa shape index (κ1) is 10.0. The van der Waals surface area contributed by atoms with E-state index in [1.165, 1.54) is 4.90 Å². The lowest BCUT2D eigenvalue weighted by molar-refractivity contribution is -0.133. The van der Waals surface area contributed by atoms with E-state index in [4.69, 9.17) is 5.26 Å². The molecule has 72 valence electrons. The molecule has 1 aliphatic heterocycles. The second-order valence-electron chi connectivity index (χ2n) is 3.49. The molecule has 0 spiro atoms. The molecule has 1 atom stereocenters. The van der Waals surface area contributed by atoms with Gasteiger partial charge in [-0.1, -0.05) is 0 Å². The van der Waals surface area contributed by atoms with Gasteiger partial charge in [-0.3, -0.25) is 9.69 Å². The van der Waals surface area contributed by atoms with Crippen molar-refractivity contribution in [3.63, 3.8) is 0 Å². The third-order valence-electron chi connectivity index (χ3n) is 2.49. The zero-order valence-electron chi connectivity index (χ0n) is 8.16. The molecule has 0 radical (unpaired) electrons. The molecule has 1 amide bonds. The third-order valence-corrected chi connectivity index (χ3v) is 2.49. The SMILES string of the molecule is CN(CC#N)C(=O)[C@@H]1CCCN1C. The van der Waals surface area contributed by atoms with Crippen LogP contribution in [0.3, 0.4) is 0 Å². The molecule has 0 aromatic carbocycles. The Morgan fingerprint density at radius 1 is 1.77 bits per heavy atom. The average Bonchev–Trinajstić information content (AvgIpc) is 2.50. The van der Waals surface area contributed by atoms with Gasteiger partial charge in [-0.25, -0.2) is 0 Å². The molecule has 1 aliphatic rings. The molecule has 0 bridgehead atoms. The van der Waals surface area contributed by atoms with Crippen LogP contribution in [0.1, 0.15) is 12.8 Å². The van der Waals surface area contributed by atoms with Gasteiger partial charge in [-0.15, -0.1) is 0 Å². The van der Waals surface area contributed by atoms with Crippen molar-refractivity contribution >= 4 is 5.91 Å². The van der Waals surface area contributed by atoms with E-state index < -0.39 is 0 Å². The fourth-order valence-electron chi connectivity index (χ4n) is 1.66. The smallest absolute Gasteiger partial charge is 0.240 e. The molecular weight excluding hydrogens is 166 g/mol. The van der Waals surface area contributed by atoms with E-state index in [0.717, 1.165) is 19.4 Å². The molecule has 1 heterocycles. The van der Waals surface area contributed by atoms with E-state index in [-0.39, 0.29) is 18.5 Å². The lowest BCUT2D eigenvalue weighted by Gasteiger charge is -2.23. The van der Waals surface area contributed by atoms with Gasteiger partial charge in [0.1, 0.15) is 6.54 Å². The van der Waals surface area contributed by atoms with Crippen molar-refractivity contribution < 1.29 is 4.79 Å². The first-order valence-corrected chi connectivity index (χ1v) is 4.49. The molecule has 0 aromatic heterocycles. The van der Waals surface area contributed by atoms with Crippen molar-refractivity contribution in [2.24, 2.45) is 0 Å². The Morgan fingerprint density at radius 3 is 2.92 bits per heavy atom. The summed E-state index contributed by atoms with van der Waals surface area (Å²) >= 11 is 0. The summed E-state index contributed by atoms with van der Waals surface area (Å²) in [7, 11) is 3.63. The molecule has 0 N–H and O–H groups in total. The number of likely N-dealkylation sites (tertiary alicyclic amines) is 1. The molecule has 4 nitrogen and oxygen atoms in total. The van der Waals surface area contributed by atoms with E-state index in [2.05, 4.69) is 4.90 Å². The largest absolute Gasteiger partial charge is 0.331 e. The number of nitriles is 1. The molecule has 0 aromatic rings. The van der Waals surface area contributed by atoms with E-state index >= 15 is 0 Å². The summed E-state index contributed by atoms with van der Waals surface area (Å²) in [6.07, 6.45) is 2.00. The summed E-state index contributed by atoms with van der Waals surface area (Å²) in [6, 6.07) is 1.97. The Hall–Kier alpha value is -1.08. The van der Waals surface area contributed by atoms with E-state index in [9.17, 15) is 4.79 Å². The number of hydrogen-bond acceptors (Lipinski definition) is 3. The minimum Gasteiger partial charge on any atom is -0.331 e. The maximum Gasteiger partial charge on any atom is 0.240 e. The highest BCUT2D eigenvalue weighted by molar-refractivity contribution is 5.82. The standard InChI is InChI=1S/C9H15N3O/c1-11-6-3-4-8(11)9(13)12(2)7-5-10/h8H,3-4,6-7H2,1-2H3/t8-/m0/s1. The molecule has 0 saturated carbocycles. The van der Waals surface area contributed by atoms with Crippen LogP contribution in [0.5, 0.6) is 0 Å². The molecule has 13 heavy (non-hydrogen) atoms. The van der Waals surface area contributed by atoms with Gasteiger partial charge >= 0.3 is 0 Å². The molecule has 4 heteroatoms. The molecular formula is C9H15N3O. The van der Waals surface area contributed by atoms with Gasteiger partial charge < -0.3 is 4.90 Å². The molecule has 1 fully saturated rings. The fraction of sp³-hybridized carbons (Fsp3) is 0.778. The van der Waals surface area contributed by atoms with Crippen LogP contribution in [-0.4, -0.2) is 48.9 Å². The molecule has 1 rings (SSSR count). The number of likely N-dealkylation sites (N-methyl/N-ethyl adjacent to an activating group) is 2. The van der Waals surface area contributed by atoms with Crippen LogP contribution in [0, 0.1) is 11.3 Å². The van der Waals surface area contributed by atoms with Crippen molar-refractivity contribution in [3.8, 4) is 6.07 Å². The van der Waals surface area contributed by atoms with Gasteiger partial charge in [-0.05, 0) is 26.4 Å². The third kappa shape index (κ3) is 2.19. The first-order valence-electron chi connectivity index (χ1n) is 4.49. The number of rotatable bonds is 2. The van der Waals surface area contributed by atoms with Crippen LogP contribution < -0.4 is 0 Å². The predicted octanol–water partition coefficient (Wildman–Crippen LogP) is 0.0626. The first-order chi connectivity index (χ1) is 6.16. The van der Waals surface area contributed by atoms with Crippen LogP contribution in [0.25, 0.3) is 0 Å². The van der Waals surface area contributed by atoms with Gasteiger partial charge in [0.25, 0.3) is 0 Å². The predicted molar refractivity (Wildman–Crippen MR) is 48.9 cm³/mol. The van der Waals surface area contributed by atoms with E-state index in [0.29, 0.717) is 0 Å². The Bertz CT molecular complexity index is 234. The average molecular weight is 181 g/mol. The highest BCUT2D eigenvalue weighted by atomic mass is 16.2. The second kappa shape index (κ2) is 4.24. The minimum atomic E-state index is -0.00153. The number of nitrogens with zero attached hydrogens (tertiary/aromatic N) is 3. The lowest BCUT2D eigenvalue weighted by Crippen LogP contribution is -2.42. The van der Waals surface area contributed by atoms with Crippen LogP contribution in [-0.2, 0) is 4.79 Å². The molecule has 1 saturated heterocycles. The van der Waals surface area contributed by atoms with Crippen molar-refractivity contribution in [3.05, 3.63) is 0 Å². The summed E-state index contributed by atoms with van der Waals surface area (Å²) < 4.78 is 0. The molecule has 0 aliphatic carbocycles. The Kier molecular flexibility index (Phi) is 3.26. The Morgan fingerprint density at radius 2 is 2.46 bits per heavy atom. The monoisotopic (exact) mass is 181 g/mol. The lowest BCUT2D eigenvalue weighted by atomic mass is 10.2. The van der Waals surface area contributed by atoms with Crippen molar-refractivity contribution in [1.29, 1.82) is 5.26 Å². The number of amides is 1. The van der Waals surface area contributed by atoms with E-state index in [1.54, 1.807) is 7.05 Å². The Labute approximate surface area is 78.7 Å². The normalized spacial score (nSPS) is 22.7. The number of carbonyl (C=O) groups is 1. The van der Waals surface area contributed by atoms with Gasteiger partial charge in [0, 0.05) is 7.05 Å². The van der Waals surface area contributed by atoms with Gasteiger partial charge in [0.2, 0.25) is 5.91 Å². The van der Waals surface area contributed by atoms with Crippen molar-refractivity contribution in [1.82, 2.24) is 9.80 Å². The summed E-state index contributed by atoms with van der Waals surface area (Å²) in [4.78, 5) is 15.2. The van der Waals surface area contributed by atoms with Crippen molar-refractivity contribution in [2.75, 3.05) is 27.2 Å². The van der Waals surface area contributed by atoms with E-state index in [1.807, 2.05) is 13.1 Å². The maximum atomic E-state index is 11.7. The summed E-state index contributed by atoms with van der Waals surface area (Å²) in [5, 5.41) is 8.44. The van der Waals surface area contributed by atoms with Gasteiger partial charge in [-0.2, -0.15) is 5.26 Å². The number of carbonyl (C=O) groups excluding carboxylic acids is 1. The Balaban J connectivity index is 2.52. The maximum absolute atomic E-state index is 11.7. The summed E-state index contributed by atoms with van der Waals surface area (Å²) in [6.45, 7) is 1.17. The number of hydrogen-bond donors (Lipinski definition) is 0. The van der Waals surface area contributed by atoms with Gasteiger partial charge in [0.05, 0.1) is 12.1 Å². The quantitative estimate of drug-likeness (QED) is 0.566. The topological polar surface area (TPSA) is 47.3 Å². The summed E-state index contributed by atoms with van der Waals surface area (Å²) in [5.41, 5.74) is 0. The zero-order chi connectivity index (χ0) is 9.84. The highest BCUT2D eigenvalue weighted by Gasteiger charge is 2.29. The van der Waals surface area contributed by atoms with Crippen LogP contribution in [0.2, 0.25) is 0 Å². The van der Waals surface area contributed by atoms with Crippen LogP contribution in [0.15, 0.2) is 0 Å². The summed E-state index contributed by atoms with van der Waals surface area (Å²) in [5.74, 6) is 0.0709. The second-order valence-corrected chi connectivity index (χ2v) is 3.49. The fourth-order valence-corrected chi connectivity index (χ4v) is 1.66. The zero-order valence-corrected chi connectivity index (χ0v) is 8.16. The van der Waals surface area contributed by atoms with Crippen molar-refractivity contribution in [2.45, 2.75) is 18.9 Å². The molecule has 0 unspecified atom stereocenters. The van der Waals surface area contributed by atoms with Crippen LogP contribution >= 0.6 is 0 Å².